The Labute approximate surface area is 81.7 Å². The van der Waals surface area contributed by atoms with Crippen LogP contribution in [0.4, 0.5) is 0 Å². The number of nitrogens with one attached hydrogen (secondary N) is 1. The number of allylic oxidation sites excluding steroid dienone is 1. The molecule has 68 valence electrons. The fourth-order valence-electron chi connectivity index (χ4n) is 1.34. The normalized spacial score (nSPS) is 20.8. The zero-order valence-electron chi connectivity index (χ0n) is 7.48. The molecule has 0 saturated heterocycles. The van der Waals surface area contributed by atoms with Crippen LogP contribution in [0.15, 0.2) is 12.3 Å². The fraction of sp³-hybridized carbons (Fsp3) is 0.375. The topological polar surface area (TPSA) is 42.7 Å². The van der Waals surface area contributed by atoms with Gasteiger partial charge in [-0.05, 0) is 26.1 Å². The molecule has 1 aliphatic rings. The highest BCUT2D eigenvalue weighted by atomic mass is 32.1. The van der Waals surface area contributed by atoms with Crippen LogP contribution >= 0.6 is 12.2 Å². The van der Waals surface area contributed by atoms with Crippen molar-refractivity contribution in [2.75, 3.05) is 0 Å². The van der Waals surface area contributed by atoms with Gasteiger partial charge in [-0.1, -0.05) is 12.2 Å². The van der Waals surface area contributed by atoms with Crippen LogP contribution in [0, 0.1) is 6.92 Å². The summed E-state index contributed by atoms with van der Waals surface area (Å²) in [5.74, 6) is 1.70. The summed E-state index contributed by atoms with van der Waals surface area (Å²) in [6.45, 7) is 3.92. The fourth-order valence-corrected chi connectivity index (χ4v) is 1.64. The molecular weight excluding hydrogens is 184 g/mol. The average molecular weight is 194 g/mol. The third-order valence-corrected chi connectivity index (χ3v) is 2.35. The Hall–Kier alpha value is -1.23. The monoisotopic (exact) mass is 194 g/mol. The van der Waals surface area contributed by atoms with Crippen molar-refractivity contribution in [3.05, 3.63) is 23.9 Å². The van der Waals surface area contributed by atoms with E-state index in [9.17, 15) is 0 Å². The molecule has 13 heavy (non-hydrogen) atoms. The van der Waals surface area contributed by atoms with E-state index in [1.54, 1.807) is 0 Å². The van der Waals surface area contributed by atoms with E-state index in [-0.39, 0.29) is 6.04 Å². The first kappa shape index (κ1) is 8.37. The van der Waals surface area contributed by atoms with Gasteiger partial charge < -0.3 is 5.32 Å². The van der Waals surface area contributed by atoms with Gasteiger partial charge in [0.05, 0.1) is 6.04 Å². The first-order valence-corrected chi connectivity index (χ1v) is 4.50. The molecule has 0 bridgehead atoms. The molecule has 1 N–H and O–H groups in total. The molecule has 5 heteroatoms. The Kier molecular flexibility index (Phi) is 1.88. The maximum atomic E-state index is 5.20. The summed E-state index contributed by atoms with van der Waals surface area (Å²) in [4.78, 5) is 0.731. The highest BCUT2D eigenvalue weighted by Gasteiger charge is 2.18. The molecule has 0 aromatic carbocycles. The number of aryl methyl sites for hydroxylation is 1. The lowest BCUT2D eigenvalue weighted by Gasteiger charge is -2.08. The van der Waals surface area contributed by atoms with Crippen LogP contribution in [0.3, 0.4) is 0 Å². The van der Waals surface area contributed by atoms with Crippen LogP contribution < -0.4 is 5.32 Å². The second-order valence-electron chi connectivity index (χ2n) is 3.00. The summed E-state index contributed by atoms with van der Waals surface area (Å²) in [6.07, 6.45) is 3.69. The van der Waals surface area contributed by atoms with E-state index >= 15 is 0 Å². The quantitative estimate of drug-likeness (QED) is 0.624. The number of fused-ring (bicyclic) bond motifs is 1. The lowest BCUT2D eigenvalue weighted by atomic mass is 10.3. The summed E-state index contributed by atoms with van der Waals surface area (Å²) in [5.41, 5.74) is 0. The average Bonchev–Trinajstić information content (AvgIpc) is 2.40. The molecule has 1 aromatic rings. The summed E-state index contributed by atoms with van der Waals surface area (Å²) >= 11 is 5.20. The van der Waals surface area contributed by atoms with Crippen molar-refractivity contribution in [3.63, 3.8) is 0 Å². The van der Waals surface area contributed by atoms with Crippen molar-refractivity contribution in [2.24, 2.45) is 0 Å². The van der Waals surface area contributed by atoms with E-state index in [0.29, 0.717) is 0 Å². The molecular formula is C8H10N4S. The van der Waals surface area contributed by atoms with E-state index in [0.717, 1.165) is 16.6 Å². The van der Waals surface area contributed by atoms with Gasteiger partial charge >= 0.3 is 0 Å². The predicted octanol–water partition coefficient (Wildman–Crippen LogP) is 0.940. The molecule has 1 unspecified atom stereocenters. The van der Waals surface area contributed by atoms with Crippen molar-refractivity contribution >= 4 is 17.2 Å². The number of hydrogen-bond acceptors (Lipinski definition) is 4. The van der Waals surface area contributed by atoms with Crippen molar-refractivity contribution in [1.82, 2.24) is 20.1 Å². The Morgan fingerprint density at radius 1 is 1.54 bits per heavy atom. The molecule has 0 radical (unpaired) electrons. The minimum atomic E-state index is 0.151. The number of aromatic nitrogens is 3. The maximum Gasteiger partial charge on any atom is 0.160 e. The number of rotatable bonds is 0. The van der Waals surface area contributed by atoms with Gasteiger partial charge in [-0.2, -0.15) is 0 Å². The molecule has 4 nitrogen and oxygen atoms in total. The third kappa shape index (κ3) is 1.25. The Balaban J connectivity index is 2.60. The van der Waals surface area contributed by atoms with Crippen LogP contribution in [-0.2, 0) is 0 Å². The lowest BCUT2D eigenvalue weighted by Crippen LogP contribution is -2.16. The standard InChI is InChI=1S/C8H10N4S/c1-5-8-11-10-6(2)12(8)7(13)3-4-9-5/h3-5,9H,1-2H3. The Morgan fingerprint density at radius 2 is 2.31 bits per heavy atom. The molecule has 0 aliphatic carbocycles. The highest BCUT2D eigenvalue weighted by molar-refractivity contribution is 7.80. The van der Waals surface area contributed by atoms with Gasteiger partial charge in [-0.3, -0.25) is 4.57 Å². The number of thiocarbonyl (C=S) groups is 1. The van der Waals surface area contributed by atoms with Gasteiger partial charge in [0.15, 0.2) is 5.82 Å². The van der Waals surface area contributed by atoms with E-state index in [1.807, 2.05) is 30.7 Å². The van der Waals surface area contributed by atoms with Crippen LogP contribution in [0.1, 0.15) is 24.6 Å². The molecule has 1 atom stereocenters. The molecule has 0 saturated carbocycles. The second kappa shape index (κ2) is 2.92. The largest absolute Gasteiger partial charge is 0.381 e. The van der Waals surface area contributed by atoms with Crippen molar-refractivity contribution in [1.29, 1.82) is 0 Å². The van der Waals surface area contributed by atoms with Gasteiger partial charge in [0.2, 0.25) is 0 Å². The van der Waals surface area contributed by atoms with Gasteiger partial charge in [0, 0.05) is 0 Å². The van der Waals surface area contributed by atoms with E-state index in [2.05, 4.69) is 15.5 Å². The van der Waals surface area contributed by atoms with Crippen molar-refractivity contribution in [3.8, 4) is 0 Å². The maximum absolute atomic E-state index is 5.20. The zero-order valence-corrected chi connectivity index (χ0v) is 8.30. The highest BCUT2D eigenvalue weighted by Crippen LogP contribution is 2.14. The third-order valence-electron chi connectivity index (χ3n) is 2.03. The summed E-state index contributed by atoms with van der Waals surface area (Å²) in [6, 6.07) is 0.151. The van der Waals surface area contributed by atoms with Gasteiger partial charge in [-0.15, -0.1) is 10.2 Å². The molecule has 0 fully saturated rings. The van der Waals surface area contributed by atoms with Gasteiger partial charge in [0.1, 0.15) is 10.8 Å². The Morgan fingerprint density at radius 3 is 3.08 bits per heavy atom. The van der Waals surface area contributed by atoms with E-state index < -0.39 is 0 Å². The first-order chi connectivity index (χ1) is 6.20. The van der Waals surface area contributed by atoms with Gasteiger partial charge in [-0.25, -0.2) is 0 Å². The lowest BCUT2D eigenvalue weighted by molar-refractivity contribution is 0.635. The summed E-state index contributed by atoms with van der Waals surface area (Å²) in [5, 5.41) is 11.2. The summed E-state index contributed by atoms with van der Waals surface area (Å²) < 4.78 is 1.89. The molecule has 2 heterocycles. The van der Waals surface area contributed by atoms with Crippen LogP contribution in [0.25, 0.3) is 0 Å². The van der Waals surface area contributed by atoms with E-state index in [1.165, 1.54) is 0 Å². The van der Waals surface area contributed by atoms with Crippen LogP contribution in [0.2, 0.25) is 0 Å². The molecule has 1 aromatic heterocycles. The van der Waals surface area contributed by atoms with E-state index in [4.69, 9.17) is 12.2 Å². The molecule has 2 rings (SSSR count). The minimum absolute atomic E-state index is 0.151. The summed E-state index contributed by atoms with van der Waals surface area (Å²) in [7, 11) is 0. The zero-order chi connectivity index (χ0) is 9.42. The Bertz CT molecular complexity index is 379. The minimum Gasteiger partial charge on any atom is -0.381 e. The smallest absolute Gasteiger partial charge is 0.160 e. The predicted molar refractivity (Wildman–Crippen MR) is 53.4 cm³/mol. The van der Waals surface area contributed by atoms with Crippen LogP contribution in [0.5, 0.6) is 0 Å². The van der Waals surface area contributed by atoms with Gasteiger partial charge in [0.25, 0.3) is 0 Å². The SMILES string of the molecule is Cc1nnc2n1C(=S)C=CNC2C. The second-order valence-corrected chi connectivity index (χ2v) is 3.42. The molecule has 0 amide bonds. The number of nitrogens with zero attached hydrogens (tertiary/aromatic N) is 3. The van der Waals surface area contributed by atoms with Crippen molar-refractivity contribution in [2.45, 2.75) is 19.9 Å². The number of hydrogen-bond donors (Lipinski definition) is 1. The molecule has 1 aliphatic heterocycles. The van der Waals surface area contributed by atoms with Crippen molar-refractivity contribution < 1.29 is 0 Å². The van der Waals surface area contributed by atoms with Crippen LogP contribution in [-0.4, -0.2) is 19.8 Å². The first-order valence-electron chi connectivity index (χ1n) is 4.09. The molecule has 0 spiro atoms.